The summed E-state index contributed by atoms with van der Waals surface area (Å²) in [6, 6.07) is 3.63. The summed E-state index contributed by atoms with van der Waals surface area (Å²) in [6.45, 7) is 5.16. The number of carbonyl (C=O) groups excluding carboxylic acids is 2. The van der Waals surface area contributed by atoms with E-state index in [0.29, 0.717) is 19.7 Å². The Morgan fingerprint density at radius 2 is 2.33 bits per heavy atom. The summed E-state index contributed by atoms with van der Waals surface area (Å²) < 4.78 is 16.8. The lowest BCUT2D eigenvalue weighted by Gasteiger charge is -2.23. The number of ether oxygens (including phenoxy) is 2. The average molecular weight is 331 g/mol. The maximum absolute atomic E-state index is 12.9. The summed E-state index contributed by atoms with van der Waals surface area (Å²) >= 11 is 0. The lowest BCUT2D eigenvalue weighted by molar-refractivity contribution is -0.154. The highest BCUT2D eigenvalue weighted by Gasteiger charge is 2.67. The lowest BCUT2D eigenvalue weighted by Crippen LogP contribution is -2.40. The number of amides is 1. The molecule has 0 N–H and O–H groups in total. The summed E-state index contributed by atoms with van der Waals surface area (Å²) in [6.07, 6.45) is 5.06. The van der Waals surface area contributed by atoms with E-state index in [1.54, 1.807) is 17.2 Å². The van der Waals surface area contributed by atoms with Crippen molar-refractivity contribution in [3.8, 4) is 0 Å². The standard InChI is InChI=1S/C18H21NO5/c1-11(2)9-23-17(21)14-13-5-6-18(24-13)10-19(16(20)15(14)18)8-12-4-3-7-22-12/h3-7,11,13-15H,8-10H2,1-2H3. The van der Waals surface area contributed by atoms with Gasteiger partial charge in [-0.2, -0.15) is 0 Å². The number of likely N-dealkylation sites (tertiary alicyclic amines) is 1. The van der Waals surface area contributed by atoms with Gasteiger partial charge in [0.15, 0.2) is 0 Å². The first-order valence-corrected chi connectivity index (χ1v) is 8.35. The van der Waals surface area contributed by atoms with Crippen LogP contribution in [0, 0.1) is 17.8 Å². The summed E-state index contributed by atoms with van der Waals surface area (Å²) in [5, 5.41) is 0. The van der Waals surface area contributed by atoms with Crippen molar-refractivity contribution in [2.45, 2.75) is 32.1 Å². The van der Waals surface area contributed by atoms with Gasteiger partial charge in [0.05, 0.1) is 38.0 Å². The molecule has 1 aromatic heterocycles. The van der Waals surface area contributed by atoms with E-state index < -0.39 is 17.4 Å². The van der Waals surface area contributed by atoms with E-state index in [0.717, 1.165) is 5.76 Å². The maximum Gasteiger partial charge on any atom is 0.312 e. The first-order chi connectivity index (χ1) is 11.5. The van der Waals surface area contributed by atoms with E-state index in [1.807, 2.05) is 32.1 Å². The van der Waals surface area contributed by atoms with E-state index in [1.165, 1.54) is 0 Å². The van der Waals surface area contributed by atoms with Crippen LogP contribution in [-0.4, -0.2) is 41.6 Å². The summed E-state index contributed by atoms with van der Waals surface area (Å²) in [7, 11) is 0. The van der Waals surface area contributed by atoms with Gasteiger partial charge in [-0.15, -0.1) is 0 Å². The molecule has 0 radical (unpaired) electrons. The molecule has 1 spiro atoms. The van der Waals surface area contributed by atoms with Crippen LogP contribution in [0.15, 0.2) is 35.0 Å². The second kappa shape index (κ2) is 5.48. The Hall–Kier alpha value is -2.08. The van der Waals surface area contributed by atoms with Gasteiger partial charge in [-0.05, 0) is 18.1 Å². The Bertz CT molecular complexity index is 680. The number of carbonyl (C=O) groups is 2. The fourth-order valence-corrected chi connectivity index (χ4v) is 3.92. The molecule has 128 valence electrons. The molecular weight excluding hydrogens is 310 g/mol. The topological polar surface area (TPSA) is 69.0 Å². The number of nitrogens with zero attached hydrogens (tertiary/aromatic N) is 1. The molecule has 6 heteroatoms. The SMILES string of the molecule is CC(C)COC(=O)C1C2C=CC3(CN(Cc4ccco4)C(=O)C13)O2. The fraction of sp³-hybridized carbons (Fsp3) is 0.556. The highest BCUT2D eigenvalue weighted by molar-refractivity contribution is 5.91. The Balaban J connectivity index is 1.54. The van der Waals surface area contributed by atoms with Crippen LogP contribution in [0.2, 0.25) is 0 Å². The first-order valence-electron chi connectivity index (χ1n) is 8.35. The Labute approximate surface area is 140 Å². The molecule has 4 atom stereocenters. The quantitative estimate of drug-likeness (QED) is 0.607. The minimum Gasteiger partial charge on any atom is -0.467 e. The van der Waals surface area contributed by atoms with Gasteiger partial charge in [-0.1, -0.05) is 26.0 Å². The minimum absolute atomic E-state index is 0.0650. The van der Waals surface area contributed by atoms with Crippen LogP contribution in [0.5, 0.6) is 0 Å². The second-order valence-electron chi connectivity index (χ2n) is 7.20. The molecule has 0 saturated carbocycles. The van der Waals surface area contributed by atoms with Crippen LogP contribution in [0.4, 0.5) is 0 Å². The number of fused-ring (bicyclic) bond motifs is 1. The van der Waals surface area contributed by atoms with Crippen molar-refractivity contribution in [3.63, 3.8) is 0 Å². The molecule has 1 aromatic rings. The van der Waals surface area contributed by atoms with Crippen molar-refractivity contribution in [3.05, 3.63) is 36.3 Å². The maximum atomic E-state index is 12.9. The van der Waals surface area contributed by atoms with Crippen molar-refractivity contribution in [1.82, 2.24) is 4.90 Å². The van der Waals surface area contributed by atoms with Crippen molar-refractivity contribution in [2.75, 3.05) is 13.2 Å². The number of rotatable bonds is 5. The Morgan fingerprint density at radius 1 is 1.50 bits per heavy atom. The molecule has 4 heterocycles. The van der Waals surface area contributed by atoms with Gasteiger partial charge in [0.25, 0.3) is 0 Å². The summed E-state index contributed by atoms with van der Waals surface area (Å²) in [5.41, 5.74) is -0.699. The summed E-state index contributed by atoms with van der Waals surface area (Å²) in [5.74, 6) is -0.474. The van der Waals surface area contributed by atoms with Crippen LogP contribution in [0.25, 0.3) is 0 Å². The van der Waals surface area contributed by atoms with Gasteiger partial charge in [0.2, 0.25) is 5.91 Å². The van der Waals surface area contributed by atoms with Crippen LogP contribution in [0.1, 0.15) is 19.6 Å². The molecule has 0 aromatic carbocycles. The number of hydrogen-bond acceptors (Lipinski definition) is 5. The van der Waals surface area contributed by atoms with Crippen molar-refractivity contribution < 1.29 is 23.5 Å². The molecule has 24 heavy (non-hydrogen) atoms. The van der Waals surface area contributed by atoms with E-state index >= 15 is 0 Å². The predicted octanol–water partition coefficient (Wildman–Crippen LogP) is 1.76. The zero-order valence-corrected chi connectivity index (χ0v) is 13.8. The molecule has 0 aliphatic carbocycles. The lowest BCUT2D eigenvalue weighted by atomic mass is 9.77. The average Bonchev–Trinajstić information content (AvgIpc) is 3.28. The van der Waals surface area contributed by atoms with E-state index in [4.69, 9.17) is 13.9 Å². The number of esters is 1. The molecule has 4 rings (SSSR count). The minimum atomic E-state index is -0.699. The molecule has 2 fully saturated rings. The van der Waals surface area contributed by atoms with Crippen LogP contribution in [0.3, 0.4) is 0 Å². The molecular formula is C18H21NO5. The second-order valence-corrected chi connectivity index (χ2v) is 7.20. The molecule has 3 aliphatic heterocycles. The van der Waals surface area contributed by atoms with Crippen LogP contribution >= 0.6 is 0 Å². The fourth-order valence-electron chi connectivity index (χ4n) is 3.92. The summed E-state index contributed by atoms with van der Waals surface area (Å²) in [4.78, 5) is 27.1. The normalized spacial score (nSPS) is 33.5. The van der Waals surface area contributed by atoms with Gasteiger partial charge in [-0.25, -0.2) is 0 Å². The molecule has 6 nitrogen and oxygen atoms in total. The smallest absolute Gasteiger partial charge is 0.312 e. The zero-order valence-electron chi connectivity index (χ0n) is 13.8. The van der Waals surface area contributed by atoms with Crippen molar-refractivity contribution >= 4 is 11.9 Å². The Morgan fingerprint density at radius 3 is 3.04 bits per heavy atom. The third kappa shape index (κ3) is 2.28. The van der Waals surface area contributed by atoms with Gasteiger partial charge in [-0.3, -0.25) is 9.59 Å². The number of furan rings is 1. The van der Waals surface area contributed by atoms with Crippen LogP contribution < -0.4 is 0 Å². The third-order valence-corrected chi connectivity index (χ3v) is 4.94. The van der Waals surface area contributed by atoms with Gasteiger partial charge in [0.1, 0.15) is 17.3 Å². The zero-order chi connectivity index (χ0) is 16.9. The molecule has 1 amide bonds. The van der Waals surface area contributed by atoms with Crippen molar-refractivity contribution in [1.29, 1.82) is 0 Å². The van der Waals surface area contributed by atoms with Gasteiger partial charge >= 0.3 is 5.97 Å². The molecule has 2 saturated heterocycles. The largest absolute Gasteiger partial charge is 0.467 e. The highest BCUT2D eigenvalue weighted by Crippen LogP contribution is 2.52. The number of hydrogen-bond donors (Lipinski definition) is 0. The van der Waals surface area contributed by atoms with Gasteiger partial charge < -0.3 is 18.8 Å². The van der Waals surface area contributed by atoms with Gasteiger partial charge in [0, 0.05) is 0 Å². The van der Waals surface area contributed by atoms with Crippen molar-refractivity contribution in [2.24, 2.45) is 17.8 Å². The monoisotopic (exact) mass is 331 g/mol. The first kappa shape index (κ1) is 15.4. The molecule has 2 bridgehead atoms. The highest BCUT2D eigenvalue weighted by atomic mass is 16.6. The van der Waals surface area contributed by atoms with E-state index in [-0.39, 0.29) is 23.9 Å². The Kier molecular flexibility index (Phi) is 3.53. The predicted molar refractivity (Wildman–Crippen MR) is 83.6 cm³/mol. The van der Waals surface area contributed by atoms with Crippen LogP contribution in [-0.2, 0) is 25.6 Å². The van der Waals surface area contributed by atoms with E-state index in [2.05, 4.69) is 0 Å². The molecule has 3 aliphatic rings. The third-order valence-electron chi connectivity index (χ3n) is 4.94. The van der Waals surface area contributed by atoms with E-state index in [9.17, 15) is 9.59 Å². The molecule has 4 unspecified atom stereocenters.